The van der Waals surface area contributed by atoms with Crippen LogP contribution in [0.15, 0.2) is 29.3 Å². The number of nitrogens with zero attached hydrogens (tertiary/aromatic N) is 2. The van der Waals surface area contributed by atoms with Crippen LogP contribution >= 0.6 is 0 Å². The molecule has 29 heavy (non-hydrogen) atoms. The van der Waals surface area contributed by atoms with E-state index in [-0.39, 0.29) is 30.3 Å². The van der Waals surface area contributed by atoms with Crippen LogP contribution in [0.5, 0.6) is 0 Å². The Hall–Kier alpha value is -2.64. The Balaban J connectivity index is 1.50. The Morgan fingerprint density at radius 2 is 2.03 bits per heavy atom. The summed E-state index contributed by atoms with van der Waals surface area (Å²) in [6.07, 6.45) is 5.19. The number of carbonyl (C=O) groups is 2. The fourth-order valence-electron chi connectivity index (χ4n) is 3.94. The molecular weight excluding hydrogens is 373 g/mol. The van der Waals surface area contributed by atoms with Gasteiger partial charge in [0, 0.05) is 37.3 Å². The largest absolute Gasteiger partial charge is 0.357 e. The van der Waals surface area contributed by atoms with E-state index in [0.29, 0.717) is 24.7 Å². The first-order valence-electron chi connectivity index (χ1n) is 10.4. The molecule has 1 aliphatic heterocycles. The minimum Gasteiger partial charge on any atom is -0.357 e. The molecule has 0 spiro atoms. The highest BCUT2D eigenvalue weighted by atomic mass is 19.1. The molecule has 2 fully saturated rings. The van der Waals surface area contributed by atoms with Crippen molar-refractivity contribution in [3.05, 3.63) is 30.1 Å². The van der Waals surface area contributed by atoms with Gasteiger partial charge in [0.2, 0.25) is 11.8 Å². The molecular formula is C21H30FN5O2. The fraction of sp³-hybridized carbons (Fsp3) is 0.571. The number of benzene rings is 1. The molecule has 1 atom stereocenters. The van der Waals surface area contributed by atoms with Gasteiger partial charge in [0.25, 0.3) is 0 Å². The summed E-state index contributed by atoms with van der Waals surface area (Å²) in [6.45, 7) is 3.95. The molecule has 0 radical (unpaired) electrons. The van der Waals surface area contributed by atoms with Gasteiger partial charge in [0.15, 0.2) is 5.96 Å². The predicted octanol–water partition coefficient (Wildman–Crippen LogP) is 2.11. The summed E-state index contributed by atoms with van der Waals surface area (Å²) in [5.41, 5.74) is 0.403. The molecule has 3 N–H and O–H groups in total. The van der Waals surface area contributed by atoms with Gasteiger partial charge in [0.1, 0.15) is 12.4 Å². The normalized spacial score (nSPS) is 20.0. The zero-order chi connectivity index (χ0) is 20.6. The average molecular weight is 404 g/mol. The van der Waals surface area contributed by atoms with Gasteiger partial charge in [-0.25, -0.2) is 9.38 Å². The van der Waals surface area contributed by atoms with Crippen LogP contribution in [-0.2, 0) is 9.59 Å². The second-order valence-corrected chi connectivity index (χ2v) is 7.65. The summed E-state index contributed by atoms with van der Waals surface area (Å²) >= 11 is 0. The SMILES string of the molecule is CCNC(=NCC(=O)Nc1cccc(F)c1)NC1CCN(C(=O)C2CCCC2)C1. The second-order valence-electron chi connectivity index (χ2n) is 7.65. The Morgan fingerprint density at radius 1 is 1.24 bits per heavy atom. The van der Waals surface area contributed by atoms with Gasteiger partial charge in [-0.15, -0.1) is 0 Å². The Morgan fingerprint density at radius 3 is 2.76 bits per heavy atom. The van der Waals surface area contributed by atoms with Gasteiger partial charge < -0.3 is 20.9 Å². The molecule has 1 aromatic rings. The van der Waals surface area contributed by atoms with E-state index in [2.05, 4.69) is 20.9 Å². The topological polar surface area (TPSA) is 85.8 Å². The number of hydrogen-bond acceptors (Lipinski definition) is 3. The molecule has 1 saturated heterocycles. The summed E-state index contributed by atoms with van der Waals surface area (Å²) in [5, 5.41) is 9.09. The first kappa shape index (κ1) is 21.1. The highest BCUT2D eigenvalue weighted by molar-refractivity contribution is 5.94. The number of halogens is 1. The van der Waals surface area contributed by atoms with E-state index in [9.17, 15) is 14.0 Å². The van der Waals surface area contributed by atoms with Crippen LogP contribution < -0.4 is 16.0 Å². The van der Waals surface area contributed by atoms with E-state index in [1.807, 2.05) is 11.8 Å². The third kappa shape index (κ3) is 6.17. The van der Waals surface area contributed by atoms with Gasteiger partial charge in [-0.05, 0) is 44.4 Å². The molecule has 1 saturated carbocycles. The lowest BCUT2D eigenvalue weighted by molar-refractivity contribution is -0.134. The maximum atomic E-state index is 13.2. The van der Waals surface area contributed by atoms with Crippen LogP contribution in [0.1, 0.15) is 39.0 Å². The number of nitrogens with one attached hydrogen (secondary N) is 3. The highest BCUT2D eigenvalue weighted by Gasteiger charge is 2.32. The van der Waals surface area contributed by atoms with Crippen molar-refractivity contribution in [3.63, 3.8) is 0 Å². The van der Waals surface area contributed by atoms with Crippen LogP contribution in [0.2, 0.25) is 0 Å². The summed E-state index contributed by atoms with van der Waals surface area (Å²) in [6, 6.07) is 5.87. The number of guanidine groups is 1. The van der Waals surface area contributed by atoms with Crippen molar-refractivity contribution in [2.24, 2.45) is 10.9 Å². The molecule has 1 aliphatic carbocycles. The summed E-state index contributed by atoms with van der Waals surface area (Å²) in [5.74, 6) is 0.295. The molecule has 1 heterocycles. The van der Waals surface area contributed by atoms with Crippen LogP contribution in [0, 0.1) is 11.7 Å². The number of hydrogen-bond donors (Lipinski definition) is 3. The van der Waals surface area contributed by atoms with E-state index in [0.717, 1.165) is 38.6 Å². The van der Waals surface area contributed by atoms with Crippen molar-refractivity contribution in [3.8, 4) is 0 Å². The fourth-order valence-corrected chi connectivity index (χ4v) is 3.94. The molecule has 3 rings (SSSR count). The van der Waals surface area contributed by atoms with Crippen molar-refractivity contribution < 1.29 is 14.0 Å². The minimum atomic E-state index is -0.403. The second kappa shape index (κ2) is 10.2. The molecule has 1 aromatic carbocycles. The molecule has 158 valence electrons. The number of carbonyl (C=O) groups excluding carboxylic acids is 2. The van der Waals surface area contributed by atoms with Gasteiger partial charge in [-0.2, -0.15) is 0 Å². The van der Waals surface area contributed by atoms with E-state index < -0.39 is 5.82 Å². The van der Waals surface area contributed by atoms with E-state index in [1.165, 1.54) is 12.1 Å². The monoisotopic (exact) mass is 403 g/mol. The summed E-state index contributed by atoms with van der Waals surface area (Å²) in [4.78, 5) is 31.0. The van der Waals surface area contributed by atoms with Crippen LogP contribution in [0.25, 0.3) is 0 Å². The standard InChI is InChI=1S/C21H30FN5O2/c1-2-23-21(24-13-19(28)25-17-9-5-8-16(22)12-17)26-18-10-11-27(14-18)20(29)15-6-3-4-7-15/h5,8-9,12,15,18H,2-4,6-7,10-11,13-14H2,1H3,(H,25,28)(H2,23,24,26). The van der Waals surface area contributed by atoms with Crippen molar-refractivity contribution in [1.29, 1.82) is 0 Å². The predicted molar refractivity (Wildman–Crippen MR) is 111 cm³/mol. The first-order valence-corrected chi connectivity index (χ1v) is 10.4. The lowest BCUT2D eigenvalue weighted by Crippen LogP contribution is -2.45. The first-order chi connectivity index (χ1) is 14.0. The van der Waals surface area contributed by atoms with Crippen molar-refractivity contribution >= 4 is 23.5 Å². The molecule has 1 unspecified atom stereocenters. The molecule has 0 aromatic heterocycles. The van der Waals surface area contributed by atoms with Crippen LogP contribution in [0.4, 0.5) is 10.1 Å². The number of amides is 2. The molecule has 0 bridgehead atoms. The molecule has 7 nitrogen and oxygen atoms in total. The number of anilines is 1. The quantitative estimate of drug-likeness (QED) is 0.502. The highest BCUT2D eigenvalue weighted by Crippen LogP contribution is 2.27. The van der Waals surface area contributed by atoms with Crippen LogP contribution in [-0.4, -0.2) is 54.9 Å². The number of aliphatic imine (C=N–C) groups is 1. The maximum absolute atomic E-state index is 13.2. The van der Waals surface area contributed by atoms with Crippen molar-refractivity contribution in [2.75, 3.05) is 31.5 Å². The smallest absolute Gasteiger partial charge is 0.246 e. The van der Waals surface area contributed by atoms with Crippen molar-refractivity contribution in [1.82, 2.24) is 15.5 Å². The number of rotatable bonds is 6. The Bertz CT molecular complexity index is 748. The third-order valence-electron chi connectivity index (χ3n) is 5.38. The van der Waals surface area contributed by atoms with Gasteiger partial charge >= 0.3 is 0 Å². The summed E-state index contributed by atoms with van der Waals surface area (Å²) in [7, 11) is 0. The maximum Gasteiger partial charge on any atom is 0.246 e. The molecule has 2 amide bonds. The van der Waals surface area contributed by atoms with E-state index in [1.54, 1.807) is 12.1 Å². The molecule has 8 heteroatoms. The van der Waals surface area contributed by atoms with E-state index >= 15 is 0 Å². The minimum absolute atomic E-state index is 0.0801. The third-order valence-corrected chi connectivity index (χ3v) is 5.38. The van der Waals surface area contributed by atoms with E-state index in [4.69, 9.17) is 0 Å². The zero-order valence-electron chi connectivity index (χ0n) is 16.9. The summed E-state index contributed by atoms with van der Waals surface area (Å²) < 4.78 is 13.2. The Labute approximate surface area is 171 Å². The van der Waals surface area contributed by atoms with Crippen molar-refractivity contribution in [2.45, 2.75) is 45.1 Å². The Kier molecular flexibility index (Phi) is 7.43. The van der Waals surface area contributed by atoms with Gasteiger partial charge in [0.05, 0.1) is 0 Å². The number of likely N-dealkylation sites (tertiary alicyclic amines) is 1. The molecule has 2 aliphatic rings. The lowest BCUT2D eigenvalue weighted by Gasteiger charge is -2.21. The zero-order valence-corrected chi connectivity index (χ0v) is 16.9. The van der Waals surface area contributed by atoms with Gasteiger partial charge in [-0.3, -0.25) is 9.59 Å². The van der Waals surface area contributed by atoms with Crippen LogP contribution in [0.3, 0.4) is 0 Å². The average Bonchev–Trinajstić information content (AvgIpc) is 3.38. The lowest BCUT2D eigenvalue weighted by atomic mass is 10.1. The van der Waals surface area contributed by atoms with Gasteiger partial charge in [-0.1, -0.05) is 18.9 Å².